The van der Waals surface area contributed by atoms with Crippen LogP contribution in [0, 0.1) is 5.41 Å². The second kappa shape index (κ2) is 6.61. The van der Waals surface area contributed by atoms with Crippen molar-refractivity contribution in [3.05, 3.63) is 45.1 Å². The smallest absolute Gasteiger partial charge is 0.349 e. The molecule has 2 aliphatic rings. The van der Waals surface area contributed by atoms with Gasteiger partial charge in [0.15, 0.2) is 11.5 Å². The molecule has 1 aromatic rings. The van der Waals surface area contributed by atoms with E-state index < -0.39 is 16.8 Å². The zero-order chi connectivity index (χ0) is 19.8. The quantitative estimate of drug-likeness (QED) is 0.525. The van der Waals surface area contributed by atoms with E-state index >= 15 is 0 Å². The molecule has 0 amide bonds. The molecule has 1 N–H and O–H groups in total. The Morgan fingerprint density at radius 3 is 2.56 bits per heavy atom. The van der Waals surface area contributed by atoms with Gasteiger partial charge in [-0.2, -0.15) is 4.98 Å². The highest BCUT2D eigenvalue weighted by Crippen LogP contribution is 2.37. The zero-order valence-electron chi connectivity index (χ0n) is 15.8. The lowest BCUT2D eigenvalue weighted by molar-refractivity contribution is -0.132. The fourth-order valence-electron chi connectivity index (χ4n) is 3.85. The molecule has 0 unspecified atom stereocenters. The number of hydrogen-bond acceptors (Lipinski definition) is 6. The van der Waals surface area contributed by atoms with Crippen LogP contribution in [0.2, 0.25) is 0 Å². The number of para-hydroxylation sites is 2. The van der Waals surface area contributed by atoms with Crippen LogP contribution in [0.3, 0.4) is 0 Å². The van der Waals surface area contributed by atoms with E-state index in [1.807, 2.05) is 56.5 Å². The van der Waals surface area contributed by atoms with Crippen molar-refractivity contribution in [2.24, 2.45) is 5.41 Å². The van der Waals surface area contributed by atoms with Crippen molar-refractivity contribution in [3.63, 3.8) is 0 Å². The summed E-state index contributed by atoms with van der Waals surface area (Å²) in [5, 5.41) is 0. The van der Waals surface area contributed by atoms with Gasteiger partial charge in [-0.1, -0.05) is 26.0 Å². The molecular formula is C19H22N4O4. The molecule has 0 saturated heterocycles. The second-order valence-electron chi connectivity index (χ2n) is 8.04. The molecule has 1 aromatic carbocycles. The molecule has 0 bridgehead atoms. The minimum Gasteiger partial charge on any atom is -0.467 e. The van der Waals surface area contributed by atoms with Crippen LogP contribution in [0.25, 0.3) is 22.6 Å². The van der Waals surface area contributed by atoms with Crippen molar-refractivity contribution in [3.8, 4) is 11.5 Å². The van der Waals surface area contributed by atoms with Gasteiger partial charge in [0.1, 0.15) is 0 Å². The average Bonchev–Trinajstić information content (AvgIpc) is 2.57. The first kappa shape index (κ1) is 18.8. The molecule has 142 valence electrons. The fraction of sp³-hybridized carbons (Fsp3) is 0.421. The van der Waals surface area contributed by atoms with Crippen molar-refractivity contribution in [1.82, 2.24) is 19.5 Å². The monoisotopic (exact) mass is 370 g/mol. The van der Waals surface area contributed by atoms with Crippen LogP contribution in [-0.4, -0.2) is 32.6 Å². The topological polar surface area (TPSA) is 107 Å². The predicted molar refractivity (Wildman–Crippen MR) is 101 cm³/mol. The molecular weight excluding hydrogens is 348 g/mol. The lowest BCUT2D eigenvalue weighted by Crippen LogP contribution is -2.39. The number of benzene rings is 1. The number of rotatable bonds is 6. The second-order valence-corrected chi connectivity index (χ2v) is 8.04. The van der Waals surface area contributed by atoms with Crippen molar-refractivity contribution >= 4 is 17.5 Å². The minimum absolute atomic E-state index is 0.114. The lowest BCUT2D eigenvalue weighted by atomic mass is 9.80. The number of aromatic nitrogens is 4. The average molecular weight is 370 g/mol. The van der Waals surface area contributed by atoms with Gasteiger partial charge in [-0.15, -0.1) is 0 Å². The first-order valence-corrected chi connectivity index (χ1v) is 8.62. The molecule has 8 nitrogen and oxygen atoms in total. The maximum Gasteiger partial charge on any atom is 0.349 e. The Morgan fingerprint density at radius 2 is 1.85 bits per heavy atom. The Morgan fingerprint density at radius 1 is 1.15 bits per heavy atom. The van der Waals surface area contributed by atoms with E-state index in [2.05, 4.69) is 15.0 Å². The predicted octanol–water partition coefficient (Wildman–Crippen LogP) is 1.91. The summed E-state index contributed by atoms with van der Waals surface area (Å²) in [7, 11) is 0. The van der Waals surface area contributed by atoms with Crippen LogP contribution in [0.5, 0.6) is 0 Å². The number of H-pyrrole nitrogens is 1. The summed E-state index contributed by atoms with van der Waals surface area (Å²) in [4.78, 5) is 45.4. The molecule has 0 atom stereocenters. The maximum absolute atomic E-state index is 12.3. The van der Waals surface area contributed by atoms with Gasteiger partial charge < -0.3 is 9.30 Å². The van der Waals surface area contributed by atoms with Gasteiger partial charge in [0.2, 0.25) is 0 Å². The van der Waals surface area contributed by atoms with Gasteiger partial charge >= 0.3 is 5.69 Å². The molecule has 3 rings (SSSR count). The van der Waals surface area contributed by atoms with Gasteiger partial charge in [-0.3, -0.25) is 14.6 Å². The maximum atomic E-state index is 12.3. The highest BCUT2D eigenvalue weighted by atomic mass is 16.5. The molecule has 0 aromatic heterocycles. The standard InChI is InChI=1S/C19H22N4O4/c1-18(2,10-27-11-24)9-19(3,4)23-13-8-6-5-7-12(13)20-14-15(23)21-17(26)22-16(14)25/h5-8,11H,9-10H2,1-4H3,(H,22,25,26). The Labute approximate surface area is 155 Å². The molecule has 0 aliphatic carbocycles. The van der Waals surface area contributed by atoms with Gasteiger partial charge in [0, 0.05) is 11.0 Å². The summed E-state index contributed by atoms with van der Waals surface area (Å²) in [5.74, 6) is 0.236. The van der Waals surface area contributed by atoms with Crippen molar-refractivity contribution < 1.29 is 9.53 Å². The molecule has 8 heteroatoms. The van der Waals surface area contributed by atoms with Crippen molar-refractivity contribution in [2.45, 2.75) is 39.7 Å². The van der Waals surface area contributed by atoms with E-state index in [1.165, 1.54) is 0 Å². The van der Waals surface area contributed by atoms with E-state index in [4.69, 9.17) is 4.74 Å². The molecule has 0 fully saturated rings. The third-order valence-corrected chi connectivity index (χ3v) is 4.48. The molecule has 0 saturated carbocycles. The third-order valence-electron chi connectivity index (χ3n) is 4.48. The number of nitrogens with zero attached hydrogens (tertiary/aromatic N) is 3. The summed E-state index contributed by atoms with van der Waals surface area (Å²) in [6, 6.07) is 7.40. The van der Waals surface area contributed by atoms with Gasteiger partial charge in [-0.05, 0) is 32.4 Å². The minimum atomic E-state index is -0.710. The summed E-state index contributed by atoms with van der Waals surface area (Å²) in [6.45, 7) is 8.66. The van der Waals surface area contributed by atoms with Crippen LogP contribution < -0.4 is 11.2 Å². The Hall–Kier alpha value is -3.03. The summed E-state index contributed by atoms with van der Waals surface area (Å²) in [5.41, 5.74) is -0.658. The van der Waals surface area contributed by atoms with Gasteiger partial charge in [-0.25, -0.2) is 9.78 Å². The van der Waals surface area contributed by atoms with Crippen LogP contribution in [-0.2, 0) is 15.1 Å². The number of hydrogen-bond donors (Lipinski definition) is 1. The van der Waals surface area contributed by atoms with E-state index in [1.54, 1.807) is 0 Å². The Kier molecular flexibility index (Phi) is 4.59. The molecule has 2 aliphatic heterocycles. The van der Waals surface area contributed by atoms with Crippen molar-refractivity contribution in [2.75, 3.05) is 6.61 Å². The van der Waals surface area contributed by atoms with E-state index in [9.17, 15) is 14.4 Å². The number of ether oxygens (including phenoxy) is 1. The first-order chi connectivity index (χ1) is 12.6. The molecule has 27 heavy (non-hydrogen) atoms. The van der Waals surface area contributed by atoms with E-state index in [0.717, 1.165) is 5.52 Å². The summed E-state index contributed by atoms with van der Waals surface area (Å²) < 4.78 is 6.85. The largest absolute Gasteiger partial charge is 0.467 e. The van der Waals surface area contributed by atoms with Crippen LogP contribution in [0.1, 0.15) is 34.1 Å². The molecule has 0 radical (unpaired) electrons. The highest BCUT2D eigenvalue weighted by Gasteiger charge is 2.34. The van der Waals surface area contributed by atoms with E-state index in [-0.39, 0.29) is 23.5 Å². The lowest BCUT2D eigenvalue weighted by Gasteiger charge is -2.38. The van der Waals surface area contributed by atoms with Crippen LogP contribution in [0.4, 0.5) is 0 Å². The number of carbonyl (C=O) groups is 1. The molecule has 0 spiro atoms. The van der Waals surface area contributed by atoms with Gasteiger partial charge in [0.25, 0.3) is 12.0 Å². The number of aromatic amines is 1. The first-order valence-electron chi connectivity index (χ1n) is 8.62. The fourth-order valence-corrected chi connectivity index (χ4v) is 3.85. The summed E-state index contributed by atoms with van der Waals surface area (Å²) >= 11 is 0. The van der Waals surface area contributed by atoms with Crippen molar-refractivity contribution in [1.29, 1.82) is 0 Å². The Bertz CT molecular complexity index is 1080. The SMILES string of the molecule is CC(C)(COC=O)CC(C)(C)n1c2nc(=O)[nH]c(=O)c-2nc2ccccc21. The number of nitrogens with one attached hydrogen (secondary N) is 1. The van der Waals surface area contributed by atoms with Crippen LogP contribution >= 0.6 is 0 Å². The van der Waals surface area contributed by atoms with Gasteiger partial charge in [0.05, 0.1) is 17.6 Å². The number of fused-ring (bicyclic) bond motifs is 2. The normalized spacial score (nSPS) is 12.4. The molecule has 2 heterocycles. The highest BCUT2D eigenvalue weighted by molar-refractivity contribution is 5.79. The third kappa shape index (κ3) is 3.60. The number of carbonyl (C=O) groups excluding carboxylic acids is 1. The van der Waals surface area contributed by atoms with E-state index in [0.29, 0.717) is 18.4 Å². The van der Waals surface area contributed by atoms with Crippen LogP contribution in [0.15, 0.2) is 33.9 Å². The zero-order valence-corrected chi connectivity index (χ0v) is 15.8. The Balaban J connectivity index is 2.28. The summed E-state index contributed by atoms with van der Waals surface area (Å²) in [6.07, 6.45) is 0.601.